The molecule has 1 aromatic rings. The Labute approximate surface area is 77.0 Å². The molecule has 0 aromatic carbocycles. The third-order valence-corrected chi connectivity index (χ3v) is 1.95. The Bertz CT molecular complexity index is 314. The predicted molar refractivity (Wildman–Crippen MR) is 49.5 cm³/mol. The van der Waals surface area contributed by atoms with Gasteiger partial charge in [-0.25, -0.2) is 4.79 Å². The fourth-order valence-corrected chi connectivity index (χ4v) is 1.21. The Balaban J connectivity index is 2.86. The topological polar surface area (TPSA) is 50.4 Å². The third-order valence-electron chi connectivity index (χ3n) is 1.95. The molecule has 3 nitrogen and oxygen atoms in total. The predicted octanol–water partition coefficient (Wildman–Crippen LogP) is 1.47. The molecule has 0 amide bonds. The third kappa shape index (κ3) is 2.70. The maximum Gasteiger partial charge on any atom is 0.335 e. The Kier molecular flexibility index (Phi) is 3.71. The summed E-state index contributed by atoms with van der Waals surface area (Å²) in [6.07, 6.45) is 2.99. The van der Waals surface area contributed by atoms with E-state index in [1.165, 1.54) is 6.07 Å². The number of unbranched alkanes of at least 4 members (excludes halogenated alkanes) is 1. The van der Waals surface area contributed by atoms with Gasteiger partial charge in [0.2, 0.25) is 0 Å². The fraction of sp³-hybridized carbons (Fsp3) is 0.500. The molecule has 0 aliphatic carbocycles. The van der Waals surface area contributed by atoms with E-state index < -0.39 is 5.63 Å². The van der Waals surface area contributed by atoms with Crippen LogP contribution in [0.4, 0.5) is 0 Å². The molecule has 1 N–H and O–H groups in total. The van der Waals surface area contributed by atoms with Crippen LogP contribution in [0.15, 0.2) is 21.3 Å². The maximum absolute atomic E-state index is 10.8. The molecule has 0 bridgehead atoms. The largest absolute Gasteiger partial charge is 0.425 e. The monoisotopic (exact) mass is 182 g/mol. The van der Waals surface area contributed by atoms with Crippen molar-refractivity contribution >= 4 is 0 Å². The van der Waals surface area contributed by atoms with Crippen molar-refractivity contribution in [2.24, 2.45) is 0 Å². The van der Waals surface area contributed by atoms with Crippen molar-refractivity contribution in [3.05, 3.63) is 33.9 Å². The highest BCUT2D eigenvalue weighted by Crippen LogP contribution is 2.09. The molecule has 72 valence electrons. The van der Waals surface area contributed by atoms with Crippen LogP contribution in [0.2, 0.25) is 0 Å². The number of rotatable bonds is 4. The van der Waals surface area contributed by atoms with Crippen LogP contribution in [0.1, 0.15) is 31.1 Å². The molecule has 0 aliphatic heterocycles. The smallest absolute Gasteiger partial charge is 0.335 e. The summed E-state index contributed by atoms with van der Waals surface area (Å²) < 4.78 is 4.85. The van der Waals surface area contributed by atoms with Crippen LogP contribution < -0.4 is 5.63 Å². The normalized spacial score (nSPS) is 10.3. The summed E-state index contributed by atoms with van der Waals surface area (Å²) in [6, 6.07) is 3.12. The Morgan fingerprint density at radius 1 is 1.46 bits per heavy atom. The average molecular weight is 182 g/mol. The summed E-state index contributed by atoms with van der Waals surface area (Å²) in [5.74, 6) is 0.404. The van der Waals surface area contributed by atoms with Crippen LogP contribution in [-0.2, 0) is 13.0 Å². The standard InChI is InChI=1S/C10H14O3/c1-2-3-4-8-5-6-10(12)13-9(8)7-11/h5-6,11H,2-4,7H2,1H3. The quantitative estimate of drug-likeness (QED) is 0.767. The van der Waals surface area contributed by atoms with Crippen molar-refractivity contribution in [3.63, 3.8) is 0 Å². The van der Waals surface area contributed by atoms with Crippen LogP contribution in [0.25, 0.3) is 0 Å². The molecule has 0 saturated heterocycles. The zero-order valence-electron chi connectivity index (χ0n) is 7.75. The highest BCUT2D eigenvalue weighted by molar-refractivity contribution is 5.16. The van der Waals surface area contributed by atoms with Crippen molar-refractivity contribution in [1.29, 1.82) is 0 Å². The number of aryl methyl sites for hydroxylation is 1. The van der Waals surface area contributed by atoms with E-state index >= 15 is 0 Å². The average Bonchev–Trinajstić information content (AvgIpc) is 2.16. The zero-order chi connectivity index (χ0) is 9.68. The second-order valence-electron chi connectivity index (χ2n) is 2.96. The van der Waals surface area contributed by atoms with Crippen molar-refractivity contribution < 1.29 is 9.52 Å². The molecule has 0 fully saturated rings. The van der Waals surface area contributed by atoms with Crippen LogP contribution in [0.3, 0.4) is 0 Å². The van der Waals surface area contributed by atoms with Gasteiger partial charge in [-0.05, 0) is 24.5 Å². The first-order valence-corrected chi connectivity index (χ1v) is 4.50. The lowest BCUT2D eigenvalue weighted by molar-refractivity contribution is 0.237. The second-order valence-corrected chi connectivity index (χ2v) is 2.96. The summed E-state index contributed by atoms with van der Waals surface area (Å²) in [6.45, 7) is 1.90. The van der Waals surface area contributed by atoms with E-state index in [1.807, 2.05) is 0 Å². The highest BCUT2D eigenvalue weighted by atomic mass is 16.4. The van der Waals surface area contributed by atoms with E-state index in [4.69, 9.17) is 9.52 Å². The molecule has 13 heavy (non-hydrogen) atoms. The molecule has 1 aromatic heterocycles. The van der Waals surface area contributed by atoms with Gasteiger partial charge >= 0.3 is 5.63 Å². The van der Waals surface area contributed by atoms with Crippen molar-refractivity contribution in [1.82, 2.24) is 0 Å². The van der Waals surface area contributed by atoms with Crippen LogP contribution in [0, 0.1) is 0 Å². The highest BCUT2D eigenvalue weighted by Gasteiger charge is 2.03. The van der Waals surface area contributed by atoms with Gasteiger partial charge in [0.05, 0.1) is 0 Å². The van der Waals surface area contributed by atoms with Gasteiger partial charge in [0, 0.05) is 6.07 Å². The van der Waals surface area contributed by atoms with E-state index in [0.717, 1.165) is 24.8 Å². The molecule has 0 radical (unpaired) electrons. The van der Waals surface area contributed by atoms with Gasteiger partial charge in [-0.2, -0.15) is 0 Å². The number of hydrogen-bond acceptors (Lipinski definition) is 3. The minimum Gasteiger partial charge on any atom is -0.425 e. The summed E-state index contributed by atoms with van der Waals surface area (Å²) in [7, 11) is 0. The van der Waals surface area contributed by atoms with E-state index in [-0.39, 0.29) is 6.61 Å². The first-order valence-electron chi connectivity index (χ1n) is 4.50. The van der Waals surface area contributed by atoms with Crippen molar-refractivity contribution in [2.75, 3.05) is 0 Å². The molecular formula is C10H14O3. The molecule has 0 saturated carbocycles. The van der Waals surface area contributed by atoms with Gasteiger partial charge in [0.25, 0.3) is 0 Å². The molecule has 0 unspecified atom stereocenters. The molecule has 0 spiro atoms. The van der Waals surface area contributed by atoms with E-state index in [0.29, 0.717) is 5.76 Å². The van der Waals surface area contributed by atoms with E-state index in [2.05, 4.69) is 6.92 Å². The number of hydrogen-bond donors (Lipinski definition) is 1. The molecule has 1 heterocycles. The number of aliphatic hydroxyl groups excluding tert-OH is 1. The molecule has 3 heteroatoms. The van der Waals surface area contributed by atoms with E-state index in [1.54, 1.807) is 6.07 Å². The summed E-state index contributed by atoms with van der Waals surface area (Å²) in [5.41, 5.74) is 0.535. The molecule has 0 aliphatic rings. The SMILES string of the molecule is CCCCc1ccc(=O)oc1CO. The summed E-state index contributed by atoms with van der Waals surface area (Å²) in [4.78, 5) is 10.8. The van der Waals surface area contributed by atoms with Gasteiger partial charge < -0.3 is 9.52 Å². The minimum absolute atomic E-state index is 0.199. The summed E-state index contributed by atoms with van der Waals surface area (Å²) in [5, 5.41) is 8.91. The fourth-order valence-electron chi connectivity index (χ4n) is 1.21. The minimum atomic E-state index is -0.399. The Morgan fingerprint density at radius 3 is 2.85 bits per heavy atom. The first kappa shape index (κ1) is 9.99. The Morgan fingerprint density at radius 2 is 2.23 bits per heavy atom. The lowest BCUT2D eigenvalue weighted by atomic mass is 10.1. The zero-order valence-corrected chi connectivity index (χ0v) is 7.75. The van der Waals surface area contributed by atoms with Gasteiger partial charge in [-0.1, -0.05) is 13.3 Å². The number of aliphatic hydroxyl groups is 1. The van der Waals surface area contributed by atoms with Crippen LogP contribution >= 0.6 is 0 Å². The van der Waals surface area contributed by atoms with Gasteiger partial charge in [0.15, 0.2) is 0 Å². The maximum atomic E-state index is 10.8. The van der Waals surface area contributed by atoms with Crippen molar-refractivity contribution in [2.45, 2.75) is 32.8 Å². The van der Waals surface area contributed by atoms with Crippen molar-refractivity contribution in [3.8, 4) is 0 Å². The second kappa shape index (κ2) is 4.82. The van der Waals surface area contributed by atoms with Gasteiger partial charge in [0.1, 0.15) is 12.4 Å². The van der Waals surface area contributed by atoms with Gasteiger partial charge in [-0.15, -0.1) is 0 Å². The lowest BCUT2D eigenvalue weighted by Gasteiger charge is -2.03. The lowest BCUT2D eigenvalue weighted by Crippen LogP contribution is -2.03. The van der Waals surface area contributed by atoms with Crippen LogP contribution in [0.5, 0.6) is 0 Å². The molecule has 1 rings (SSSR count). The van der Waals surface area contributed by atoms with Crippen LogP contribution in [-0.4, -0.2) is 5.11 Å². The first-order chi connectivity index (χ1) is 6.27. The Hall–Kier alpha value is -1.09. The molecule has 0 atom stereocenters. The van der Waals surface area contributed by atoms with E-state index in [9.17, 15) is 4.79 Å². The molecular weight excluding hydrogens is 168 g/mol. The van der Waals surface area contributed by atoms with Gasteiger partial charge in [-0.3, -0.25) is 0 Å². The summed E-state index contributed by atoms with van der Waals surface area (Å²) >= 11 is 0.